The lowest BCUT2D eigenvalue weighted by molar-refractivity contribution is -0.139. The second-order valence-electron chi connectivity index (χ2n) is 6.74. The van der Waals surface area contributed by atoms with Crippen LogP contribution in [0.2, 0.25) is 0 Å². The third kappa shape index (κ3) is 4.02. The molecule has 0 spiro atoms. The third-order valence-corrected chi connectivity index (χ3v) is 5.11. The van der Waals surface area contributed by atoms with Gasteiger partial charge in [-0.1, -0.05) is 6.07 Å². The number of carbonyl (C=O) groups excluding carboxylic acids is 1. The van der Waals surface area contributed by atoms with Crippen LogP contribution in [-0.4, -0.2) is 29.5 Å². The molecule has 1 atom stereocenters. The molecule has 1 aromatic heterocycles. The highest BCUT2D eigenvalue weighted by molar-refractivity contribution is 6.44. The number of anilines is 1. The molecule has 3 rings (SSSR count). The maximum absolute atomic E-state index is 13.0. The summed E-state index contributed by atoms with van der Waals surface area (Å²) >= 11 is 11.4. The molecule has 2 heterocycles. The van der Waals surface area contributed by atoms with Crippen molar-refractivity contribution in [3.05, 3.63) is 68.3 Å². The molecule has 156 valence electrons. The number of carbonyl (C=O) groups is 1. The number of aromatic amines is 1. The van der Waals surface area contributed by atoms with E-state index in [0.717, 1.165) is 5.56 Å². The normalized spacial score (nSPS) is 15.3. The number of esters is 1. The van der Waals surface area contributed by atoms with E-state index in [1.165, 1.54) is 7.11 Å². The summed E-state index contributed by atoms with van der Waals surface area (Å²) in [6.07, 6.45) is 1.60. The van der Waals surface area contributed by atoms with E-state index in [9.17, 15) is 14.9 Å². The molecule has 2 aromatic rings. The van der Waals surface area contributed by atoms with E-state index in [1.807, 2.05) is 6.92 Å². The van der Waals surface area contributed by atoms with E-state index >= 15 is 0 Å². The maximum atomic E-state index is 13.0. The first-order chi connectivity index (χ1) is 14.3. The number of halogens is 2. The summed E-state index contributed by atoms with van der Waals surface area (Å²) in [4.78, 5) is 27.7. The highest BCUT2D eigenvalue weighted by atomic mass is 35.5. The van der Waals surface area contributed by atoms with Gasteiger partial charge >= 0.3 is 5.97 Å². The molecule has 1 aliphatic heterocycles. The zero-order valence-electron chi connectivity index (χ0n) is 16.5. The summed E-state index contributed by atoms with van der Waals surface area (Å²) in [6.45, 7) is 3.37. The van der Waals surface area contributed by atoms with Crippen molar-refractivity contribution in [2.45, 2.75) is 24.6 Å². The highest BCUT2D eigenvalue weighted by Crippen LogP contribution is 2.44. The van der Waals surface area contributed by atoms with Crippen LogP contribution in [0.25, 0.3) is 0 Å². The lowest BCUT2D eigenvalue weighted by Gasteiger charge is -2.31. The fourth-order valence-corrected chi connectivity index (χ4v) is 3.65. The summed E-state index contributed by atoms with van der Waals surface area (Å²) < 4.78 is 10.7. The first-order valence-electron chi connectivity index (χ1n) is 9.01. The molecule has 7 nitrogen and oxygen atoms in total. The number of methoxy groups -OCH3 is 1. The van der Waals surface area contributed by atoms with Crippen LogP contribution >= 0.6 is 23.2 Å². The minimum absolute atomic E-state index is 0.201. The molecule has 0 amide bonds. The zero-order chi connectivity index (χ0) is 22.0. The number of fused-ring (bicyclic) bond motifs is 1. The van der Waals surface area contributed by atoms with Crippen LogP contribution in [0.1, 0.15) is 35.1 Å². The van der Waals surface area contributed by atoms with Crippen molar-refractivity contribution in [1.29, 1.82) is 5.26 Å². The molecule has 0 saturated heterocycles. The average molecular weight is 448 g/mol. The number of aromatic nitrogens is 1. The number of ether oxygens (including phenoxy) is 2. The minimum Gasteiger partial charge on any atom is -0.496 e. The van der Waals surface area contributed by atoms with Crippen molar-refractivity contribution < 1.29 is 14.3 Å². The number of aryl methyl sites for hydroxylation is 1. The topological polar surface area (TPSA) is 104 Å². The van der Waals surface area contributed by atoms with E-state index in [0.29, 0.717) is 33.8 Å². The number of nitrogens with zero attached hydrogens (tertiary/aromatic N) is 1. The number of H-pyrrole nitrogens is 1. The maximum Gasteiger partial charge on any atom is 0.336 e. The SMILES string of the molecule is COc1cc(C#N)ccc1C1C(C(=O)OCC(Cl)Cl)=C(C)Nc2c(C)c[nH]c(=O)c21. The Labute approximate surface area is 183 Å². The van der Waals surface area contributed by atoms with Gasteiger partial charge < -0.3 is 19.8 Å². The summed E-state index contributed by atoms with van der Waals surface area (Å²) in [7, 11) is 1.46. The van der Waals surface area contributed by atoms with Gasteiger partial charge in [-0.05, 0) is 31.5 Å². The number of nitriles is 1. The van der Waals surface area contributed by atoms with Crippen molar-refractivity contribution in [3.63, 3.8) is 0 Å². The van der Waals surface area contributed by atoms with Gasteiger partial charge in [-0.3, -0.25) is 4.79 Å². The summed E-state index contributed by atoms with van der Waals surface area (Å²) in [5.41, 5.74) is 3.10. The van der Waals surface area contributed by atoms with E-state index < -0.39 is 16.7 Å². The Morgan fingerprint density at radius 2 is 2.07 bits per heavy atom. The Hall–Kier alpha value is -2.95. The predicted molar refractivity (Wildman–Crippen MR) is 114 cm³/mol. The second kappa shape index (κ2) is 8.82. The van der Waals surface area contributed by atoms with Crippen LogP contribution in [0.4, 0.5) is 5.69 Å². The molecule has 2 N–H and O–H groups in total. The fourth-order valence-electron chi connectivity index (χ4n) is 3.52. The number of pyridine rings is 1. The fraction of sp³-hybridized carbons (Fsp3) is 0.286. The largest absolute Gasteiger partial charge is 0.496 e. The van der Waals surface area contributed by atoms with Crippen molar-refractivity contribution in [3.8, 4) is 11.8 Å². The number of hydrogen-bond donors (Lipinski definition) is 2. The number of benzene rings is 1. The van der Waals surface area contributed by atoms with Gasteiger partial charge in [-0.15, -0.1) is 23.2 Å². The summed E-state index contributed by atoms with van der Waals surface area (Å²) in [5.74, 6) is -1.07. The standard InChI is InChI=1S/C21H19Cl2N3O4/c1-10-8-25-20(27)18-17(13-5-4-12(7-24)6-14(13)29-3)16(11(2)26-19(10)18)21(28)30-9-15(22)23/h4-6,8,15,17,26H,9H2,1-3H3,(H,25,27). The van der Waals surface area contributed by atoms with Crippen LogP contribution in [0.5, 0.6) is 5.75 Å². The van der Waals surface area contributed by atoms with E-state index in [4.69, 9.17) is 32.7 Å². The molecule has 9 heteroatoms. The number of hydrogen-bond acceptors (Lipinski definition) is 6. The van der Waals surface area contributed by atoms with Crippen LogP contribution in [0.15, 0.2) is 40.5 Å². The van der Waals surface area contributed by atoms with Crippen molar-refractivity contribution in [1.82, 2.24) is 4.98 Å². The quantitative estimate of drug-likeness (QED) is 0.534. The molecule has 0 radical (unpaired) electrons. The van der Waals surface area contributed by atoms with Crippen LogP contribution in [0.3, 0.4) is 0 Å². The lowest BCUT2D eigenvalue weighted by Crippen LogP contribution is -2.31. The molecule has 30 heavy (non-hydrogen) atoms. The smallest absolute Gasteiger partial charge is 0.336 e. The molecule has 1 unspecified atom stereocenters. The van der Waals surface area contributed by atoms with Gasteiger partial charge in [0.1, 0.15) is 17.2 Å². The van der Waals surface area contributed by atoms with Gasteiger partial charge in [0.15, 0.2) is 0 Å². The molecule has 1 aliphatic rings. The second-order valence-corrected chi connectivity index (χ2v) is 8.02. The third-order valence-electron chi connectivity index (χ3n) is 4.86. The van der Waals surface area contributed by atoms with Crippen molar-refractivity contribution in [2.24, 2.45) is 0 Å². The molecule has 0 fully saturated rings. The first-order valence-corrected chi connectivity index (χ1v) is 9.89. The Kier molecular flexibility index (Phi) is 6.40. The van der Waals surface area contributed by atoms with E-state index in [1.54, 1.807) is 31.3 Å². The predicted octanol–water partition coefficient (Wildman–Crippen LogP) is 3.74. The summed E-state index contributed by atoms with van der Waals surface area (Å²) in [6, 6.07) is 6.89. The average Bonchev–Trinajstić information content (AvgIpc) is 2.73. The van der Waals surface area contributed by atoms with Gasteiger partial charge in [0.2, 0.25) is 0 Å². The molecule has 0 saturated carbocycles. The molecule has 0 aliphatic carbocycles. The van der Waals surface area contributed by atoms with Crippen LogP contribution in [0, 0.1) is 18.3 Å². The Morgan fingerprint density at radius 3 is 2.70 bits per heavy atom. The van der Waals surface area contributed by atoms with Gasteiger partial charge in [0.25, 0.3) is 5.56 Å². The van der Waals surface area contributed by atoms with Gasteiger partial charge in [-0.2, -0.15) is 5.26 Å². The van der Waals surface area contributed by atoms with Crippen LogP contribution < -0.4 is 15.6 Å². The highest BCUT2D eigenvalue weighted by Gasteiger charge is 2.37. The number of nitrogens with one attached hydrogen (secondary N) is 2. The molecule has 1 aromatic carbocycles. The monoisotopic (exact) mass is 447 g/mol. The number of allylic oxidation sites excluding steroid dienone is 1. The minimum atomic E-state index is -0.882. The Balaban J connectivity index is 2.27. The van der Waals surface area contributed by atoms with E-state index in [2.05, 4.69) is 16.4 Å². The van der Waals surface area contributed by atoms with Crippen LogP contribution in [-0.2, 0) is 9.53 Å². The summed E-state index contributed by atoms with van der Waals surface area (Å²) in [5, 5.41) is 12.4. The van der Waals surface area contributed by atoms with Crippen molar-refractivity contribution in [2.75, 3.05) is 19.0 Å². The lowest BCUT2D eigenvalue weighted by atomic mass is 9.80. The molecular weight excluding hydrogens is 429 g/mol. The van der Waals surface area contributed by atoms with Gasteiger partial charge in [0, 0.05) is 17.5 Å². The van der Waals surface area contributed by atoms with Gasteiger partial charge in [-0.25, -0.2) is 4.79 Å². The van der Waals surface area contributed by atoms with Gasteiger partial charge in [0.05, 0.1) is 41.5 Å². The Bertz CT molecular complexity index is 1130. The first kappa shape index (κ1) is 21.8. The number of alkyl halides is 2. The zero-order valence-corrected chi connectivity index (χ0v) is 18.0. The number of rotatable bonds is 5. The van der Waals surface area contributed by atoms with E-state index in [-0.39, 0.29) is 17.7 Å². The molecule has 0 bridgehead atoms. The van der Waals surface area contributed by atoms with Crippen molar-refractivity contribution >= 4 is 34.9 Å². The molecular formula is C21H19Cl2N3O4. The Morgan fingerprint density at radius 1 is 1.33 bits per heavy atom.